The van der Waals surface area contributed by atoms with Crippen LogP contribution in [0.5, 0.6) is 5.75 Å². The van der Waals surface area contributed by atoms with Crippen molar-refractivity contribution in [3.05, 3.63) is 41.5 Å². The van der Waals surface area contributed by atoms with Crippen molar-refractivity contribution >= 4 is 5.91 Å². The van der Waals surface area contributed by atoms with Crippen LogP contribution in [-0.4, -0.2) is 34.0 Å². The molecule has 9 heteroatoms. The van der Waals surface area contributed by atoms with Gasteiger partial charge in [0.15, 0.2) is 5.82 Å². The van der Waals surface area contributed by atoms with E-state index in [4.69, 9.17) is 4.74 Å². The highest BCUT2D eigenvalue weighted by molar-refractivity contribution is 5.96. The zero-order valence-electron chi connectivity index (χ0n) is 13.5. The summed E-state index contributed by atoms with van der Waals surface area (Å²) >= 11 is 0. The fraction of sp³-hybridized carbons (Fsp3) is 0.438. The van der Waals surface area contributed by atoms with E-state index in [1.165, 1.54) is 11.7 Å². The number of nitrogens with one attached hydrogen (secondary N) is 1. The average Bonchev–Trinajstić information content (AvgIpc) is 3.01. The van der Waals surface area contributed by atoms with Crippen LogP contribution in [0.4, 0.5) is 13.2 Å². The van der Waals surface area contributed by atoms with E-state index in [1.807, 2.05) is 0 Å². The molecule has 1 aromatic carbocycles. The summed E-state index contributed by atoms with van der Waals surface area (Å²) in [4.78, 5) is 12.3. The van der Waals surface area contributed by atoms with Crippen molar-refractivity contribution < 1.29 is 22.7 Å². The van der Waals surface area contributed by atoms with Crippen LogP contribution in [0.25, 0.3) is 0 Å². The number of hydrogen-bond donors (Lipinski definition) is 1. The van der Waals surface area contributed by atoms with Crippen molar-refractivity contribution in [3.8, 4) is 5.75 Å². The molecule has 6 nitrogen and oxygen atoms in total. The number of methoxy groups -OCH3 is 1. The zero-order valence-corrected chi connectivity index (χ0v) is 13.5. The Morgan fingerprint density at radius 3 is 2.84 bits per heavy atom. The van der Waals surface area contributed by atoms with Crippen molar-refractivity contribution in [2.75, 3.05) is 7.11 Å². The van der Waals surface area contributed by atoms with Gasteiger partial charge in [0.05, 0.1) is 25.1 Å². The lowest BCUT2D eigenvalue weighted by atomic mass is 9.99. The molecule has 1 amide bonds. The molecule has 3 rings (SSSR count). The van der Waals surface area contributed by atoms with E-state index >= 15 is 0 Å². The molecule has 2 heterocycles. The number of carbonyl (C=O) groups excluding carboxylic acids is 1. The molecule has 0 spiro atoms. The normalized spacial score (nSPS) is 17.0. The molecule has 1 aliphatic heterocycles. The molecule has 1 aliphatic rings. The molecule has 1 aromatic heterocycles. The van der Waals surface area contributed by atoms with Crippen LogP contribution in [0.3, 0.4) is 0 Å². The quantitative estimate of drug-likeness (QED) is 0.915. The Hall–Kier alpha value is -2.58. The van der Waals surface area contributed by atoms with Gasteiger partial charge in [0, 0.05) is 13.0 Å². The number of para-hydroxylation sites is 1. The second-order valence-corrected chi connectivity index (χ2v) is 5.80. The summed E-state index contributed by atoms with van der Waals surface area (Å²) < 4.78 is 45.4. The third-order valence-electron chi connectivity index (χ3n) is 4.24. The Morgan fingerprint density at radius 2 is 2.12 bits per heavy atom. The highest BCUT2D eigenvalue weighted by atomic mass is 19.4. The van der Waals surface area contributed by atoms with E-state index in [-0.39, 0.29) is 25.9 Å². The molecule has 0 radical (unpaired) electrons. The maximum atomic E-state index is 13.0. The van der Waals surface area contributed by atoms with Crippen molar-refractivity contribution in [1.82, 2.24) is 20.1 Å². The maximum absolute atomic E-state index is 13.0. The van der Waals surface area contributed by atoms with Gasteiger partial charge in [-0.2, -0.15) is 13.2 Å². The number of rotatable bonds is 4. The fourth-order valence-corrected chi connectivity index (χ4v) is 2.87. The fourth-order valence-electron chi connectivity index (χ4n) is 2.87. The summed E-state index contributed by atoms with van der Waals surface area (Å²) in [6.07, 6.45) is -4.02. The molecule has 1 atom stereocenters. The molecule has 0 unspecified atom stereocenters. The largest absolute Gasteiger partial charge is 0.496 e. The Balaban J connectivity index is 1.71. The predicted molar refractivity (Wildman–Crippen MR) is 82.1 cm³/mol. The lowest BCUT2D eigenvalue weighted by Gasteiger charge is -2.26. The minimum atomic E-state index is -4.25. The molecule has 2 aromatic rings. The number of benzene rings is 1. The number of fused-ring (bicyclic) bond motifs is 1. The van der Waals surface area contributed by atoms with E-state index < -0.39 is 18.0 Å². The van der Waals surface area contributed by atoms with Gasteiger partial charge < -0.3 is 14.6 Å². The Kier molecular flexibility index (Phi) is 4.65. The molecule has 0 aliphatic carbocycles. The number of nitrogens with zero attached hydrogens (tertiary/aromatic N) is 3. The van der Waals surface area contributed by atoms with Gasteiger partial charge in [0.2, 0.25) is 0 Å². The van der Waals surface area contributed by atoms with Crippen LogP contribution in [0.15, 0.2) is 24.3 Å². The molecule has 0 bridgehead atoms. The summed E-state index contributed by atoms with van der Waals surface area (Å²) in [6.45, 7) is -0.222. The van der Waals surface area contributed by atoms with E-state index in [0.717, 1.165) is 0 Å². The van der Waals surface area contributed by atoms with Crippen molar-refractivity contribution in [3.63, 3.8) is 0 Å². The Labute approximate surface area is 142 Å². The van der Waals surface area contributed by atoms with E-state index in [2.05, 4.69) is 15.5 Å². The maximum Gasteiger partial charge on any atom is 0.393 e. The van der Waals surface area contributed by atoms with E-state index in [9.17, 15) is 18.0 Å². The molecule has 1 N–H and O–H groups in total. The first-order valence-corrected chi connectivity index (χ1v) is 7.79. The molecule has 25 heavy (non-hydrogen) atoms. The summed E-state index contributed by atoms with van der Waals surface area (Å²) in [7, 11) is 1.46. The molecule has 134 valence electrons. The zero-order chi connectivity index (χ0) is 18.0. The lowest BCUT2D eigenvalue weighted by molar-refractivity contribution is -0.182. The van der Waals surface area contributed by atoms with Crippen molar-refractivity contribution in [1.29, 1.82) is 0 Å². The number of ether oxygens (including phenoxy) is 1. The molecule has 0 fully saturated rings. The molecule has 0 saturated carbocycles. The first-order valence-electron chi connectivity index (χ1n) is 7.79. The highest BCUT2D eigenvalue weighted by Gasteiger charge is 2.42. The van der Waals surface area contributed by atoms with Crippen LogP contribution in [0.1, 0.15) is 28.4 Å². The number of alkyl halides is 3. The minimum absolute atomic E-state index is 0.00550. The summed E-state index contributed by atoms with van der Waals surface area (Å²) in [5.41, 5.74) is 0.344. The smallest absolute Gasteiger partial charge is 0.393 e. The van der Waals surface area contributed by atoms with Crippen molar-refractivity contribution in [2.45, 2.75) is 32.1 Å². The van der Waals surface area contributed by atoms with E-state index in [1.54, 1.807) is 24.3 Å². The monoisotopic (exact) mass is 354 g/mol. The summed E-state index contributed by atoms with van der Waals surface area (Å²) in [5.74, 6) is -0.563. The number of hydrogen-bond acceptors (Lipinski definition) is 4. The highest BCUT2D eigenvalue weighted by Crippen LogP contribution is 2.34. The third-order valence-corrected chi connectivity index (χ3v) is 4.24. The summed E-state index contributed by atoms with van der Waals surface area (Å²) in [6, 6.07) is 6.70. The molecular weight excluding hydrogens is 337 g/mol. The standard InChI is InChI=1S/C16H17F3N4O2/c1-25-12-5-3-2-4-11(12)15(24)20-8-14-22-21-13-7-6-10(9-23(13)14)16(17,18)19/h2-5,10H,6-9H2,1H3,(H,20,24)/t10-/m1/s1. The summed E-state index contributed by atoms with van der Waals surface area (Å²) in [5, 5.41) is 10.5. The van der Waals surface area contributed by atoms with Crippen LogP contribution in [0, 0.1) is 5.92 Å². The van der Waals surface area contributed by atoms with Crippen LogP contribution < -0.4 is 10.1 Å². The average molecular weight is 354 g/mol. The van der Waals surface area contributed by atoms with E-state index in [0.29, 0.717) is 23.0 Å². The number of halogens is 3. The lowest BCUT2D eigenvalue weighted by Crippen LogP contribution is -2.34. The first-order chi connectivity index (χ1) is 11.9. The van der Waals surface area contributed by atoms with Gasteiger partial charge >= 0.3 is 6.18 Å². The van der Waals surface area contributed by atoms with Gasteiger partial charge in [0.25, 0.3) is 5.91 Å². The molecule has 0 saturated heterocycles. The third kappa shape index (κ3) is 3.59. The number of aromatic nitrogens is 3. The number of amides is 1. The van der Waals surface area contributed by atoms with Gasteiger partial charge in [-0.25, -0.2) is 0 Å². The van der Waals surface area contributed by atoms with Gasteiger partial charge in [-0.15, -0.1) is 10.2 Å². The Morgan fingerprint density at radius 1 is 1.36 bits per heavy atom. The topological polar surface area (TPSA) is 69.0 Å². The van der Waals surface area contributed by atoms with Gasteiger partial charge in [-0.3, -0.25) is 4.79 Å². The minimum Gasteiger partial charge on any atom is -0.496 e. The van der Waals surface area contributed by atoms with Crippen LogP contribution in [0.2, 0.25) is 0 Å². The first kappa shape index (κ1) is 17.2. The second-order valence-electron chi connectivity index (χ2n) is 5.80. The van der Waals surface area contributed by atoms with Gasteiger partial charge in [-0.1, -0.05) is 12.1 Å². The predicted octanol–water partition coefficient (Wildman–Crippen LogP) is 2.34. The molecular formula is C16H17F3N4O2. The van der Waals surface area contributed by atoms with Gasteiger partial charge in [0.1, 0.15) is 11.6 Å². The van der Waals surface area contributed by atoms with Gasteiger partial charge in [-0.05, 0) is 18.6 Å². The SMILES string of the molecule is COc1ccccc1C(=O)NCc1nnc2n1C[C@H](C(F)(F)F)CC2. The number of aryl methyl sites for hydroxylation is 1. The second kappa shape index (κ2) is 6.73. The number of carbonyl (C=O) groups is 1. The van der Waals surface area contributed by atoms with Crippen LogP contribution >= 0.6 is 0 Å². The van der Waals surface area contributed by atoms with Crippen molar-refractivity contribution in [2.24, 2.45) is 5.92 Å². The Bertz CT molecular complexity index is 773. The van der Waals surface area contributed by atoms with Crippen LogP contribution in [-0.2, 0) is 19.5 Å².